The third kappa shape index (κ3) is 4.50. The smallest absolute Gasteiger partial charge is 0.410 e. The number of fused-ring (bicyclic) bond motifs is 3. The molecule has 1 atom stereocenters. The Bertz CT molecular complexity index is 1150. The molecule has 0 radical (unpaired) electrons. The molecule has 6 nitrogen and oxygen atoms in total. The van der Waals surface area contributed by atoms with Crippen LogP contribution in [0.1, 0.15) is 17.0 Å². The number of carbonyl (C=O) groups excluding carboxylic acids is 1. The maximum absolute atomic E-state index is 13.8. The van der Waals surface area contributed by atoms with E-state index in [1.807, 2.05) is 48.5 Å². The Morgan fingerprint density at radius 3 is 2.21 bits per heavy atom. The standard InChI is InChI=1S/C25H21F2NO5/c1-28(22(24(29)30)14-32-23-12-15(26)10-11-21(23)27)25(31)33-13-20-18-8-4-2-6-16(18)17-7-3-5-9-19(17)20/h2-12,20,22H,13-14H2,1H3,(H,29,30)/t22-/m0/s1. The van der Waals surface area contributed by atoms with Crippen molar-refractivity contribution in [2.24, 2.45) is 0 Å². The molecule has 1 aliphatic carbocycles. The second-order valence-electron chi connectivity index (χ2n) is 7.65. The molecule has 4 rings (SSSR count). The number of nitrogens with zero attached hydrogens (tertiary/aromatic N) is 1. The minimum absolute atomic E-state index is 0.0168. The second-order valence-corrected chi connectivity index (χ2v) is 7.65. The lowest BCUT2D eigenvalue weighted by atomic mass is 9.98. The van der Waals surface area contributed by atoms with Crippen LogP contribution in [0.25, 0.3) is 11.1 Å². The van der Waals surface area contributed by atoms with Crippen LogP contribution in [0.15, 0.2) is 66.7 Å². The number of likely N-dealkylation sites (N-methyl/N-ethyl adjacent to an activating group) is 1. The van der Waals surface area contributed by atoms with Crippen molar-refractivity contribution in [2.75, 3.05) is 20.3 Å². The fraction of sp³-hybridized carbons (Fsp3) is 0.200. The molecule has 0 saturated heterocycles. The van der Waals surface area contributed by atoms with Crippen molar-refractivity contribution in [3.8, 4) is 16.9 Å². The molecule has 33 heavy (non-hydrogen) atoms. The van der Waals surface area contributed by atoms with Gasteiger partial charge in [-0.05, 0) is 34.4 Å². The monoisotopic (exact) mass is 453 g/mol. The van der Waals surface area contributed by atoms with E-state index in [-0.39, 0.29) is 12.5 Å². The van der Waals surface area contributed by atoms with Gasteiger partial charge in [-0.2, -0.15) is 0 Å². The lowest BCUT2D eigenvalue weighted by Gasteiger charge is -2.25. The molecule has 0 saturated carbocycles. The summed E-state index contributed by atoms with van der Waals surface area (Å²) in [5.41, 5.74) is 4.18. The molecule has 1 amide bonds. The molecule has 0 fully saturated rings. The van der Waals surface area contributed by atoms with Crippen molar-refractivity contribution in [2.45, 2.75) is 12.0 Å². The molecule has 0 aromatic heterocycles. The van der Waals surface area contributed by atoms with Gasteiger partial charge in [0, 0.05) is 19.0 Å². The largest absolute Gasteiger partial charge is 0.488 e. The van der Waals surface area contributed by atoms with Crippen LogP contribution in [-0.2, 0) is 9.53 Å². The molecule has 3 aromatic carbocycles. The highest BCUT2D eigenvalue weighted by molar-refractivity contribution is 5.81. The van der Waals surface area contributed by atoms with E-state index in [0.717, 1.165) is 45.4 Å². The van der Waals surface area contributed by atoms with Crippen LogP contribution in [0.2, 0.25) is 0 Å². The van der Waals surface area contributed by atoms with Crippen molar-refractivity contribution in [3.63, 3.8) is 0 Å². The van der Waals surface area contributed by atoms with Crippen molar-refractivity contribution in [1.29, 1.82) is 0 Å². The minimum atomic E-state index is -1.47. The number of halogens is 2. The van der Waals surface area contributed by atoms with Crippen LogP contribution in [0.4, 0.5) is 13.6 Å². The first-order valence-corrected chi connectivity index (χ1v) is 10.2. The maximum atomic E-state index is 13.8. The van der Waals surface area contributed by atoms with E-state index in [2.05, 4.69) is 0 Å². The molecule has 1 N–H and O–H groups in total. The van der Waals surface area contributed by atoms with Gasteiger partial charge in [0.1, 0.15) is 19.0 Å². The second kappa shape index (κ2) is 9.28. The summed E-state index contributed by atoms with van der Waals surface area (Å²) < 4.78 is 37.7. The van der Waals surface area contributed by atoms with E-state index in [9.17, 15) is 23.5 Å². The highest BCUT2D eigenvalue weighted by Crippen LogP contribution is 2.44. The first-order chi connectivity index (χ1) is 15.9. The predicted octanol–water partition coefficient (Wildman–Crippen LogP) is 4.68. The molecule has 1 aliphatic rings. The zero-order valence-corrected chi connectivity index (χ0v) is 17.7. The fourth-order valence-electron chi connectivity index (χ4n) is 3.93. The van der Waals surface area contributed by atoms with E-state index >= 15 is 0 Å². The fourth-order valence-corrected chi connectivity index (χ4v) is 3.93. The number of carbonyl (C=O) groups is 2. The predicted molar refractivity (Wildman–Crippen MR) is 116 cm³/mol. The van der Waals surface area contributed by atoms with Crippen LogP contribution >= 0.6 is 0 Å². The van der Waals surface area contributed by atoms with Gasteiger partial charge in [0.2, 0.25) is 0 Å². The molecule has 0 unspecified atom stereocenters. The molecule has 0 spiro atoms. The van der Waals surface area contributed by atoms with Gasteiger partial charge in [-0.1, -0.05) is 48.5 Å². The Balaban J connectivity index is 1.44. The molecular formula is C25H21F2NO5. The van der Waals surface area contributed by atoms with Gasteiger partial charge in [-0.25, -0.2) is 18.4 Å². The van der Waals surface area contributed by atoms with Crippen molar-refractivity contribution in [3.05, 3.63) is 89.5 Å². The Morgan fingerprint density at radius 2 is 1.61 bits per heavy atom. The average molecular weight is 453 g/mol. The number of rotatable bonds is 7. The Labute approximate surface area is 189 Å². The van der Waals surface area contributed by atoms with E-state index in [0.29, 0.717) is 0 Å². The summed E-state index contributed by atoms with van der Waals surface area (Å²) in [4.78, 5) is 25.2. The van der Waals surface area contributed by atoms with Crippen LogP contribution in [0.3, 0.4) is 0 Å². The number of benzene rings is 3. The van der Waals surface area contributed by atoms with E-state index in [1.54, 1.807) is 0 Å². The molecular weight excluding hydrogens is 432 g/mol. The molecule has 0 aliphatic heterocycles. The van der Waals surface area contributed by atoms with Gasteiger partial charge in [0.05, 0.1) is 0 Å². The quantitative estimate of drug-likeness (QED) is 0.562. The Morgan fingerprint density at radius 1 is 1.00 bits per heavy atom. The number of hydrogen-bond acceptors (Lipinski definition) is 4. The molecule has 170 valence electrons. The van der Waals surface area contributed by atoms with Gasteiger partial charge < -0.3 is 14.6 Å². The van der Waals surface area contributed by atoms with Crippen molar-refractivity contribution >= 4 is 12.1 Å². The van der Waals surface area contributed by atoms with Crippen LogP contribution in [0.5, 0.6) is 5.75 Å². The zero-order chi connectivity index (χ0) is 23.5. The lowest BCUT2D eigenvalue weighted by molar-refractivity contribution is -0.143. The topological polar surface area (TPSA) is 76.1 Å². The number of amides is 1. The van der Waals surface area contributed by atoms with Gasteiger partial charge in [-0.3, -0.25) is 4.90 Å². The summed E-state index contributed by atoms with van der Waals surface area (Å²) in [6.07, 6.45) is -0.868. The number of hydrogen-bond donors (Lipinski definition) is 1. The summed E-state index contributed by atoms with van der Waals surface area (Å²) in [5.74, 6) is -3.58. The van der Waals surface area contributed by atoms with E-state index in [1.165, 1.54) is 7.05 Å². The summed E-state index contributed by atoms with van der Waals surface area (Å²) in [6, 6.07) is 16.8. The molecule has 8 heteroatoms. The Kier molecular flexibility index (Phi) is 6.26. The van der Waals surface area contributed by atoms with Gasteiger partial charge in [0.25, 0.3) is 0 Å². The van der Waals surface area contributed by atoms with Crippen molar-refractivity contribution < 1.29 is 33.0 Å². The van der Waals surface area contributed by atoms with Crippen LogP contribution in [0, 0.1) is 11.6 Å². The highest BCUT2D eigenvalue weighted by atomic mass is 19.1. The SMILES string of the molecule is CN(C(=O)OCC1c2ccccc2-c2ccccc21)[C@@H](COc1cc(F)ccc1F)C(=O)O. The maximum Gasteiger partial charge on any atom is 0.410 e. The Hall–Kier alpha value is -3.94. The van der Waals surface area contributed by atoms with Gasteiger partial charge in [-0.15, -0.1) is 0 Å². The van der Waals surface area contributed by atoms with E-state index < -0.39 is 42.1 Å². The average Bonchev–Trinajstić information content (AvgIpc) is 3.13. The zero-order valence-electron chi connectivity index (χ0n) is 17.7. The summed E-state index contributed by atoms with van der Waals surface area (Å²) in [7, 11) is 1.25. The van der Waals surface area contributed by atoms with Crippen molar-refractivity contribution in [1.82, 2.24) is 4.90 Å². The minimum Gasteiger partial charge on any atom is -0.488 e. The number of aliphatic carboxylic acids is 1. The summed E-state index contributed by atoms with van der Waals surface area (Å²) >= 11 is 0. The highest BCUT2D eigenvalue weighted by Gasteiger charge is 2.32. The number of carboxylic acid groups (broad SMARTS) is 1. The number of carboxylic acids is 1. The van der Waals surface area contributed by atoms with Crippen LogP contribution in [-0.4, -0.2) is 48.4 Å². The molecule has 0 bridgehead atoms. The summed E-state index contributed by atoms with van der Waals surface area (Å²) in [5, 5.41) is 9.54. The molecule has 0 heterocycles. The van der Waals surface area contributed by atoms with Gasteiger partial charge >= 0.3 is 12.1 Å². The lowest BCUT2D eigenvalue weighted by Crippen LogP contribution is -2.46. The van der Waals surface area contributed by atoms with E-state index in [4.69, 9.17) is 9.47 Å². The normalized spacial score (nSPS) is 13.1. The third-order valence-electron chi connectivity index (χ3n) is 5.67. The molecule has 3 aromatic rings. The first-order valence-electron chi connectivity index (χ1n) is 10.2. The third-order valence-corrected chi connectivity index (χ3v) is 5.67. The van der Waals surface area contributed by atoms with Gasteiger partial charge in [0.15, 0.2) is 17.6 Å². The van der Waals surface area contributed by atoms with Crippen LogP contribution < -0.4 is 4.74 Å². The first kappa shape index (κ1) is 22.3. The summed E-state index contributed by atoms with van der Waals surface area (Å²) in [6.45, 7) is -0.570. The number of ether oxygens (including phenoxy) is 2.